The van der Waals surface area contributed by atoms with Crippen molar-refractivity contribution in [1.29, 1.82) is 5.26 Å². The fourth-order valence-corrected chi connectivity index (χ4v) is 1.17. The Balaban J connectivity index is 2.77. The summed E-state index contributed by atoms with van der Waals surface area (Å²) in [6.45, 7) is 2.58. The minimum atomic E-state index is -0.495. The van der Waals surface area contributed by atoms with Crippen LogP contribution in [-0.2, 0) is 4.74 Å². The quantitative estimate of drug-likeness (QED) is 0.733. The molecule has 3 nitrogen and oxygen atoms in total. The molecule has 0 saturated carbocycles. The molecule has 1 aromatic rings. The highest BCUT2D eigenvalue weighted by molar-refractivity contribution is 5.30. The Morgan fingerprint density at radius 3 is 2.43 bits per heavy atom. The van der Waals surface area contributed by atoms with E-state index in [1.54, 1.807) is 0 Å². The molecule has 0 amide bonds. The lowest BCUT2D eigenvalue weighted by atomic mass is 10.1. The highest BCUT2D eigenvalue weighted by Gasteiger charge is 2.07. The molecule has 0 spiro atoms. The Kier molecular flexibility index (Phi) is 3.96. The molecule has 0 aliphatic carbocycles. The molecular formula is C11H13NO2. The normalized spacial score (nSPS) is 11.8. The number of methoxy groups -OCH3 is 1. The average molecular weight is 191 g/mol. The number of nitriles is 1. The van der Waals surface area contributed by atoms with Gasteiger partial charge in [0.2, 0.25) is 0 Å². The predicted octanol–water partition coefficient (Wildman–Crippen LogP) is 2.30. The topological polar surface area (TPSA) is 42.2 Å². The van der Waals surface area contributed by atoms with Crippen LogP contribution in [0.15, 0.2) is 24.3 Å². The summed E-state index contributed by atoms with van der Waals surface area (Å²) in [6, 6.07) is 9.40. The third-order valence-electron chi connectivity index (χ3n) is 1.85. The average Bonchev–Trinajstić information content (AvgIpc) is 2.23. The second kappa shape index (κ2) is 5.25. The van der Waals surface area contributed by atoms with Gasteiger partial charge in [0.25, 0.3) is 0 Å². The molecule has 0 aromatic heterocycles. The Hall–Kier alpha value is -1.53. The van der Waals surface area contributed by atoms with Gasteiger partial charge < -0.3 is 9.47 Å². The number of rotatable bonds is 4. The zero-order chi connectivity index (χ0) is 10.4. The smallest absolute Gasteiger partial charge is 0.168 e. The van der Waals surface area contributed by atoms with Crippen molar-refractivity contribution in [2.75, 3.05) is 13.7 Å². The molecule has 0 fully saturated rings. The molecule has 0 saturated heterocycles. The van der Waals surface area contributed by atoms with Crippen LogP contribution in [0.25, 0.3) is 0 Å². The van der Waals surface area contributed by atoms with E-state index in [0.29, 0.717) is 6.61 Å². The van der Waals surface area contributed by atoms with Crippen LogP contribution in [0.1, 0.15) is 18.6 Å². The SMILES string of the molecule is CCOc1ccc(C(C#N)OC)cc1. The summed E-state index contributed by atoms with van der Waals surface area (Å²) in [5.41, 5.74) is 0.846. The fraction of sp³-hybridized carbons (Fsp3) is 0.364. The van der Waals surface area contributed by atoms with Crippen molar-refractivity contribution >= 4 is 0 Å². The molecule has 0 N–H and O–H groups in total. The Bertz CT molecular complexity index is 313. The molecule has 1 atom stereocenters. The zero-order valence-electron chi connectivity index (χ0n) is 8.36. The van der Waals surface area contributed by atoms with Crippen LogP contribution in [0.4, 0.5) is 0 Å². The minimum absolute atomic E-state index is 0.495. The molecule has 14 heavy (non-hydrogen) atoms. The maximum absolute atomic E-state index is 8.75. The summed E-state index contributed by atoms with van der Waals surface area (Å²) in [5, 5.41) is 8.75. The van der Waals surface area contributed by atoms with Crippen LogP contribution in [0.2, 0.25) is 0 Å². The van der Waals surface area contributed by atoms with Crippen LogP contribution < -0.4 is 4.74 Å². The van der Waals surface area contributed by atoms with Crippen molar-refractivity contribution in [1.82, 2.24) is 0 Å². The predicted molar refractivity (Wildman–Crippen MR) is 53.0 cm³/mol. The molecule has 1 rings (SSSR count). The van der Waals surface area contributed by atoms with Gasteiger partial charge in [-0.2, -0.15) is 5.26 Å². The van der Waals surface area contributed by atoms with E-state index >= 15 is 0 Å². The fourth-order valence-electron chi connectivity index (χ4n) is 1.17. The van der Waals surface area contributed by atoms with Gasteiger partial charge in [0.15, 0.2) is 6.10 Å². The molecule has 0 aliphatic rings. The van der Waals surface area contributed by atoms with E-state index in [2.05, 4.69) is 6.07 Å². The molecule has 0 bridgehead atoms. The summed E-state index contributed by atoms with van der Waals surface area (Å²) in [6.07, 6.45) is -0.495. The molecule has 0 heterocycles. The van der Waals surface area contributed by atoms with Gasteiger partial charge in [-0.05, 0) is 24.6 Å². The van der Waals surface area contributed by atoms with Crippen molar-refractivity contribution in [3.63, 3.8) is 0 Å². The summed E-state index contributed by atoms with van der Waals surface area (Å²) < 4.78 is 10.3. The Labute approximate surface area is 83.9 Å². The lowest BCUT2D eigenvalue weighted by Crippen LogP contribution is -1.98. The number of nitrogens with zero attached hydrogens (tertiary/aromatic N) is 1. The maximum Gasteiger partial charge on any atom is 0.168 e. The highest BCUT2D eigenvalue weighted by atomic mass is 16.5. The third kappa shape index (κ3) is 2.48. The minimum Gasteiger partial charge on any atom is -0.494 e. The summed E-state index contributed by atoms with van der Waals surface area (Å²) in [5.74, 6) is 0.809. The lowest BCUT2D eigenvalue weighted by Gasteiger charge is -2.08. The standard InChI is InChI=1S/C11H13NO2/c1-3-14-10-6-4-9(5-7-10)11(8-12)13-2/h4-7,11H,3H2,1-2H3. The van der Waals surface area contributed by atoms with E-state index in [4.69, 9.17) is 14.7 Å². The lowest BCUT2D eigenvalue weighted by molar-refractivity contribution is 0.148. The highest BCUT2D eigenvalue weighted by Crippen LogP contribution is 2.19. The number of hydrogen-bond acceptors (Lipinski definition) is 3. The largest absolute Gasteiger partial charge is 0.494 e. The van der Waals surface area contributed by atoms with E-state index in [1.807, 2.05) is 31.2 Å². The number of benzene rings is 1. The molecule has 74 valence electrons. The van der Waals surface area contributed by atoms with E-state index in [-0.39, 0.29) is 0 Å². The summed E-state index contributed by atoms with van der Waals surface area (Å²) in [4.78, 5) is 0. The molecule has 0 aliphatic heterocycles. The van der Waals surface area contributed by atoms with E-state index < -0.39 is 6.10 Å². The Morgan fingerprint density at radius 1 is 1.36 bits per heavy atom. The summed E-state index contributed by atoms with van der Waals surface area (Å²) in [7, 11) is 1.52. The second-order valence-electron chi connectivity index (χ2n) is 2.75. The van der Waals surface area contributed by atoms with Gasteiger partial charge in [0, 0.05) is 7.11 Å². The van der Waals surface area contributed by atoms with Crippen molar-refractivity contribution in [3.05, 3.63) is 29.8 Å². The third-order valence-corrected chi connectivity index (χ3v) is 1.85. The van der Waals surface area contributed by atoms with Gasteiger partial charge in [0.05, 0.1) is 12.7 Å². The molecule has 1 unspecified atom stereocenters. The van der Waals surface area contributed by atoms with Crippen molar-refractivity contribution in [3.8, 4) is 11.8 Å². The number of ether oxygens (including phenoxy) is 2. The van der Waals surface area contributed by atoms with Crippen LogP contribution in [0, 0.1) is 11.3 Å². The molecular weight excluding hydrogens is 178 g/mol. The maximum atomic E-state index is 8.75. The first-order valence-electron chi connectivity index (χ1n) is 4.47. The van der Waals surface area contributed by atoms with E-state index in [9.17, 15) is 0 Å². The summed E-state index contributed by atoms with van der Waals surface area (Å²) >= 11 is 0. The first-order valence-corrected chi connectivity index (χ1v) is 4.47. The van der Waals surface area contributed by atoms with Crippen LogP contribution >= 0.6 is 0 Å². The number of hydrogen-bond donors (Lipinski definition) is 0. The van der Waals surface area contributed by atoms with Gasteiger partial charge in [0.1, 0.15) is 5.75 Å². The van der Waals surface area contributed by atoms with E-state index in [0.717, 1.165) is 11.3 Å². The molecule has 0 radical (unpaired) electrons. The Morgan fingerprint density at radius 2 is 2.00 bits per heavy atom. The van der Waals surface area contributed by atoms with Gasteiger partial charge in [-0.25, -0.2) is 0 Å². The monoisotopic (exact) mass is 191 g/mol. The molecule has 3 heteroatoms. The first-order chi connectivity index (χ1) is 6.81. The van der Waals surface area contributed by atoms with E-state index in [1.165, 1.54) is 7.11 Å². The van der Waals surface area contributed by atoms with Crippen molar-refractivity contribution in [2.45, 2.75) is 13.0 Å². The van der Waals surface area contributed by atoms with Gasteiger partial charge >= 0.3 is 0 Å². The van der Waals surface area contributed by atoms with Crippen LogP contribution in [-0.4, -0.2) is 13.7 Å². The first kappa shape index (κ1) is 10.6. The van der Waals surface area contributed by atoms with Gasteiger partial charge in [-0.1, -0.05) is 12.1 Å². The van der Waals surface area contributed by atoms with Crippen molar-refractivity contribution in [2.24, 2.45) is 0 Å². The van der Waals surface area contributed by atoms with Gasteiger partial charge in [-0.15, -0.1) is 0 Å². The zero-order valence-corrected chi connectivity index (χ0v) is 8.36. The molecule has 1 aromatic carbocycles. The van der Waals surface area contributed by atoms with Crippen LogP contribution in [0.3, 0.4) is 0 Å². The second-order valence-corrected chi connectivity index (χ2v) is 2.75. The van der Waals surface area contributed by atoms with Crippen molar-refractivity contribution < 1.29 is 9.47 Å². The van der Waals surface area contributed by atoms with Gasteiger partial charge in [-0.3, -0.25) is 0 Å². The van der Waals surface area contributed by atoms with Crippen LogP contribution in [0.5, 0.6) is 5.75 Å².